The molecule has 1 rings (SSSR count). The fraction of sp³-hybridized carbons (Fsp3) is 0.667. The van der Waals surface area contributed by atoms with E-state index in [0.717, 1.165) is 18.6 Å². The van der Waals surface area contributed by atoms with Crippen LogP contribution in [0.4, 0.5) is 0 Å². The first-order chi connectivity index (χ1) is 9.15. The molecule has 0 aliphatic carbocycles. The number of nitrogens with two attached hydrogens (primary N) is 1. The lowest BCUT2D eigenvalue weighted by Crippen LogP contribution is -2.30. The Morgan fingerprint density at radius 3 is 2.47 bits per heavy atom. The quantitative estimate of drug-likeness (QED) is 0.698. The minimum atomic E-state index is -0.0874. The topological polar surface area (TPSA) is 57.4 Å². The van der Waals surface area contributed by atoms with Crippen molar-refractivity contribution in [2.75, 3.05) is 19.8 Å². The zero-order chi connectivity index (χ0) is 14.1. The van der Waals surface area contributed by atoms with Crippen molar-refractivity contribution in [3.05, 3.63) is 30.1 Å². The molecule has 1 aromatic rings. The molecular weight excluding hydrogens is 240 g/mol. The van der Waals surface area contributed by atoms with E-state index in [1.165, 1.54) is 0 Å². The summed E-state index contributed by atoms with van der Waals surface area (Å²) in [6.07, 6.45) is 4.32. The predicted molar refractivity (Wildman–Crippen MR) is 76.9 cm³/mol. The van der Waals surface area contributed by atoms with E-state index >= 15 is 0 Å². The van der Waals surface area contributed by atoms with Gasteiger partial charge in [-0.25, -0.2) is 0 Å². The molecule has 0 aromatic carbocycles. The van der Waals surface area contributed by atoms with E-state index in [4.69, 9.17) is 15.2 Å². The van der Waals surface area contributed by atoms with Crippen molar-refractivity contribution in [2.45, 2.75) is 39.3 Å². The smallest absolute Gasteiger partial charge is 0.0977 e. The van der Waals surface area contributed by atoms with Gasteiger partial charge in [0, 0.05) is 25.0 Å². The Morgan fingerprint density at radius 2 is 1.89 bits per heavy atom. The third-order valence-corrected chi connectivity index (χ3v) is 2.87. The number of ether oxygens (including phenoxy) is 2. The molecule has 2 N–H and O–H groups in total. The van der Waals surface area contributed by atoms with Gasteiger partial charge in [-0.3, -0.25) is 4.98 Å². The highest BCUT2D eigenvalue weighted by atomic mass is 16.5. The third kappa shape index (κ3) is 6.14. The fourth-order valence-corrected chi connectivity index (χ4v) is 1.79. The van der Waals surface area contributed by atoms with E-state index in [-0.39, 0.29) is 12.1 Å². The van der Waals surface area contributed by atoms with E-state index in [1.807, 2.05) is 12.1 Å². The molecule has 0 radical (unpaired) electrons. The van der Waals surface area contributed by atoms with Crippen LogP contribution in [0.1, 0.15) is 38.9 Å². The van der Waals surface area contributed by atoms with Crippen molar-refractivity contribution < 1.29 is 9.47 Å². The van der Waals surface area contributed by atoms with Crippen LogP contribution in [0.3, 0.4) is 0 Å². The number of rotatable bonds is 9. The van der Waals surface area contributed by atoms with Crippen LogP contribution in [0.15, 0.2) is 24.5 Å². The normalized spacial score (nSPS) is 14.6. The van der Waals surface area contributed by atoms with Gasteiger partial charge < -0.3 is 15.2 Å². The second kappa shape index (κ2) is 9.02. The average molecular weight is 266 g/mol. The molecule has 0 fully saturated rings. The summed E-state index contributed by atoms with van der Waals surface area (Å²) in [6.45, 7) is 8.27. The summed E-state index contributed by atoms with van der Waals surface area (Å²) in [5.41, 5.74) is 7.20. The van der Waals surface area contributed by atoms with Gasteiger partial charge in [0.15, 0.2) is 0 Å². The monoisotopic (exact) mass is 266 g/mol. The summed E-state index contributed by atoms with van der Waals surface area (Å²) in [4.78, 5) is 4.02. The Labute approximate surface area is 116 Å². The molecule has 0 bridgehead atoms. The van der Waals surface area contributed by atoms with Crippen LogP contribution in [0.25, 0.3) is 0 Å². The highest BCUT2D eigenvalue weighted by molar-refractivity contribution is 5.15. The predicted octanol–water partition coefficient (Wildman–Crippen LogP) is 2.55. The molecule has 0 aliphatic rings. The van der Waals surface area contributed by atoms with Crippen molar-refractivity contribution in [3.63, 3.8) is 0 Å². The maximum absolute atomic E-state index is 6.13. The van der Waals surface area contributed by atoms with E-state index in [9.17, 15) is 0 Å². The van der Waals surface area contributed by atoms with Crippen molar-refractivity contribution in [3.8, 4) is 0 Å². The van der Waals surface area contributed by atoms with Crippen LogP contribution >= 0.6 is 0 Å². The molecule has 4 heteroatoms. The molecule has 4 nitrogen and oxygen atoms in total. The molecule has 0 saturated carbocycles. The molecule has 1 heterocycles. The van der Waals surface area contributed by atoms with Crippen LogP contribution in [0, 0.1) is 5.92 Å². The van der Waals surface area contributed by atoms with Gasteiger partial charge in [-0.1, -0.05) is 20.8 Å². The summed E-state index contributed by atoms with van der Waals surface area (Å²) < 4.78 is 11.4. The molecule has 2 unspecified atom stereocenters. The maximum atomic E-state index is 6.13. The van der Waals surface area contributed by atoms with Crippen molar-refractivity contribution in [2.24, 2.45) is 11.7 Å². The Kier molecular flexibility index (Phi) is 7.63. The van der Waals surface area contributed by atoms with E-state index in [0.29, 0.717) is 19.1 Å². The number of pyridine rings is 1. The van der Waals surface area contributed by atoms with E-state index in [2.05, 4.69) is 25.8 Å². The van der Waals surface area contributed by atoms with Crippen LogP contribution in [0.2, 0.25) is 0 Å². The first kappa shape index (κ1) is 16.1. The van der Waals surface area contributed by atoms with Crippen molar-refractivity contribution >= 4 is 0 Å². The van der Waals surface area contributed by atoms with E-state index < -0.39 is 0 Å². The van der Waals surface area contributed by atoms with Gasteiger partial charge in [-0.15, -0.1) is 0 Å². The van der Waals surface area contributed by atoms with Crippen molar-refractivity contribution in [1.29, 1.82) is 0 Å². The summed E-state index contributed by atoms with van der Waals surface area (Å²) in [6, 6.07) is 3.90. The lowest BCUT2D eigenvalue weighted by Gasteiger charge is -2.23. The van der Waals surface area contributed by atoms with Crippen LogP contribution < -0.4 is 5.73 Å². The van der Waals surface area contributed by atoms with Gasteiger partial charge in [0.25, 0.3) is 0 Å². The second-order valence-corrected chi connectivity index (χ2v) is 5.11. The summed E-state index contributed by atoms with van der Waals surface area (Å²) in [5, 5.41) is 0. The molecule has 0 aliphatic heterocycles. The fourth-order valence-electron chi connectivity index (χ4n) is 1.79. The summed E-state index contributed by atoms with van der Waals surface area (Å²) >= 11 is 0. The second-order valence-electron chi connectivity index (χ2n) is 5.11. The maximum Gasteiger partial charge on any atom is 0.0977 e. The molecule has 19 heavy (non-hydrogen) atoms. The number of hydrogen-bond acceptors (Lipinski definition) is 4. The van der Waals surface area contributed by atoms with Crippen LogP contribution in [-0.4, -0.2) is 30.8 Å². The zero-order valence-electron chi connectivity index (χ0n) is 12.2. The molecule has 0 spiro atoms. The first-order valence-electron chi connectivity index (χ1n) is 7.00. The first-order valence-corrected chi connectivity index (χ1v) is 7.00. The Morgan fingerprint density at radius 1 is 1.21 bits per heavy atom. The highest BCUT2D eigenvalue weighted by Crippen LogP contribution is 2.21. The lowest BCUT2D eigenvalue weighted by atomic mass is 10.0. The Bertz CT molecular complexity index is 330. The molecule has 108 valence electrons. The SMILES string of the molecule is CCC(N)C(OCCOCC(C)C)c1ccncc1. The van der Waals surface area contributed by atoms with Gasteiger partial charge in [-0.2, -0.15) is 0 Å². The molecule has 2 atom stereocenters. The Balaban J connectivity index is 2.43. The number of nitrogens with zero attached hydrogens (tertiary/aromatic N) is 1. The number of hydrogen-bond donors (Lipinski definition) is 1. The molecule has 1 aromatic heterocycles. The molecular formula is C15H26N2O2. The van der Waals surface area contributed by atoms with Crippen LogP contribution in [0.5, 0.6) is 0 Å². The van der Waals surface area contributed by atoms with Crippen LogP contribution in [-0.2, 0) is 9.47 Å². The third-order valence-electron chi connectivity index (χ3n) is 2.87. The zero-order valence-corrected chi connectivity index (χ0v) is 12.2. The number of aromatic nitrogens is 1. The average Bonchev–Trinajstić information content (AvgIpc) is 2.42. The minimum Gasteiger partial charge on any atom is -0.379 e. The standard InChI is InChI=1S/C15H26N2O2/c1-4-14(16)15(13-5-7-17-8-6-13)19-10-9-18-11-12(2)3/h5-8,12,14-15H,4,9-11,16H2,1-3H3. The van der Waals surface area contributed by atoms with Gasteiger partial charge in [0.1, 0.15) is 0 Å². The lowest BCUT2D eigenvalue weighted by molar-refractivity contribution is -0.0123. The molecule has 0 amide bonds. The molecule has 0 saturated heterocycles. The minimum absolute atomic E-state index is 0.00695. The largest absolute Gasteiger partial charge is 0.379 e. The van der Waals surface area contributed by atoms with Gasteiger partial charge in [0.2, 0.25) is 0 Å². The van der Waals surface area contributed by atoms with E-state index in [1.54, 1.807) is 12.4 Å². The Hall–Kier alpha value is -0.970. The van der Waals surface area contributed by atoms with Gasteiger partial charge in [0.05, 0.1) is 19.3 Å². The van der Waals surface area contributed by atoms with Gasteiger partial charge >= 0.3 is 0 Å². The van der Waals surface area contributed by atoms with Crippen molar-refractivity contribution in [1.82, 2.24) is 4.98 Å². The van der Waals surface area contributed by atoms with Gasteiger partial charge in [-0.05, 0) is 30.0 Å². The highest BCUT2D eigenvalue weighted by Gasteiger charge is 2.18. The summed E-state index contributed by atoms with van der Waals surface area (Å²) in [5.74, 6) is 0.550. The summed E-state index contributed by atoms with van der Waals surface area (Å²) in [7, 11) is 0.